The first kappa shape index (κ1) is 23.8. The van der Waals surface area contributed by atoms with E-state index in [9.17, 15) is 19.2 Å². The van der Waals surface area contributed by atoms with Crippen molar-refractivity contribution in [3.05, 3.63) is 16.0 Å². The van der Waals surface area contributed by atoms with Crippen LogP contribution in [0.15, 0.2) is 0 Å². The lowest BCUT2D eigenvalue weighted by Crippen LogP contribution is -2.49. The van der Waals surface area contributed by atoms with Gasteiger partial charge >= 0.3 is 5.97 Å². The number of rotatable bonds is 8. The number of carbonyl (C=O) groups is 4. The number of ether oxygens (including phenoxy) is 1. The number of esters is 1. The highest BCUT2D eigenvalue weighted by Crippen LogP contribution is 2.33. The van der Waals surface area contributed by atoms with Gasteiger partial charge in [0.15, 0.2) is 0 Å². The first-order chi connectivity index (χ1) is 14.3. The van der Waals surface area contributed by atoms with E-state index >= 15 is 0 Å². The van der Waals surface area contributed by atoms with E-state index in [4.69, 9.17) is 4.74 Å². The van der Waals surface area contributed by atoms with Crippen LogP contribution in [0.3, 0.4) is 0 Å². The van der Waals surface area contributed by atoms with Crippen LogP contribution < -0.4 is 16.0 Å². The van der Waals surface area contributed by atoms with Crippen molar-refractivity contribution in [2.45, 2.75) is 46.1 Å². The van der Waals surface area contributed by atoms with Crippen molar-refractivity contribution >= 4 is 40.0 Å². The summed E-state index contributed by atoms with van der Waals surface area (Å²) < 4.78 is 5.10. The fraction of sp³-hybridized carbons (Fsp3) is 0.600. The molecular formula is C20H30N4O5S. The molecule has 30 heavy (non-hydrogen) atoms. The van der Waals surface area contributed by atoms with Crippen molar-refractivity contribution < 1.29 is 23.9 Å². The van der Waals surface area contributed by atoms with Crippen LogP contribution in [-0.4, -0.2) is 67.9 Å². The molecule has 9 nitrogen and oxygen atoms in total. The third kappa shape index (κ3) is 6.02. The Bertz CT molecular complexity index is 807. The van der Waals surface area contributed by atoms with Crippen molar-refractivity contribution in [1.29, 1.82) is 0 Å². The maximum atomic E-state index is 12.7. The van der Waals surface area contributed by atoms with Gasteiger partial charge in [-0.3, -0.25) is 19.3 Å². The zero-order valence-corrected chi connectivity index (χ0v) is 18.7. The van der Waals surface area contributed by atoms with Gasteiger partial charge in [0.1, 0.15) is 5.00 Å². The number of anilines is 1. The van der Waals surface area contributed by atoms with Crippen LogP contribution >= 0.6 is 11.3 Å². The summed E-state index contributed by atoms with van der Waals surface area (Å²) in [7, 11) is 1.51. The summed E-state index contributed by atoms with van der Waals surface area (Å²) in [5.41, 5.74) is 0.689. The van der Waals surface area contributed by atoms with Crippen molar-refractivity contribution in [3.8, 4) is 0 Å². The van der Waals surface area contributed by atoms with Gasteiger partial charge in [-0.2, -0.15) is 0 Å². The zero-order valence-electron chi connectivity index (χ0n) is 17.9. The van der Waals surface area contributed by atoms with Crippen LogP contribution in [0.25, 0.3) is 0 Å². The maximum absolute atomic E-state index is 12.7. The normalized spacial score (nSPS) is 16.6. The molecule has 2 rings (SSSR count). The third-order valence-electron chi connectivity index (χ3n) is 4.87. The van der Waals surface area contributed by atoms with E-state index in [1.165, 1.54) is 7.05 Å². The second-order valence-electron chi connectivity index (χ2n) is 7.10. The summed E-state index contributed by atoms with van der Waals surface area (Å²) in [4.78, 5) is 51.2. The third-order valence-corrected chi connectivity index (χ3v) is 6.08. The van der Waals surface area contributed by atoms with Crippen molar-refractivity contribution in [1.82, 2.24) is 15.5 Å². The highest BCUT2D eigenvalue weighted by Gasteiger charge is 2.27. The highest BCUT2D eigenvalue weighted by molar-refractivity contribution is 7.18. The van der Waals surface area contributed by atoms with Crippen molar-refractivity contribution in [3.63, 3.8) is 0 Å². The SMILES string of the molecule is CCOC(=O)c1c(NC(=O)CN2CCCC(NC(=O)CC)C2)sc(C(=O)NC)c1C. The van der Waals surface area contributed by atoms with Gasteiger partial charge in [-0.15, -0.1) is 11.3 Å². The number of likely N-dealkylation sites (tertiary alicyclic amines) is 1. The number of piperidine rings is 1. The largest absolute Gasteiger partial charge is 0.462 e. The Morgan fingerprint density at radius 2 is 1.93 bits per heavy atom. The molecule has 0 saturated carbocycles. The molecule has 1 atom stereocenters. The molecule has 166 valence electrons. The van der Waals surface area contributed by atoms with E-state index in [1.54, 1.807) is 20.8 Å². The molecule has 2 heterocycles. The molecule has 1 unspecified atom stereocenters. The molecule has 1 aliphatic rings. The van der Waals surface area contributed by atoms with E-state index < -0.39 is 5.97 Å². The van der Waals surface area contributed by atoms with Crippen LogP contribution in [0, 0.1) is 6.92 Å². The molecule has 3 amide bonds. The Hall–Kier alpha value is -2.46. The number of nitrogens with zero attached hydrogens (tertiary/aromatic N) is 1. The van der Waals surface area contributed by atoms with Gasteiger partial charge in [0.05, 0.1) is 23.6 Å². The predicted octanol–water partition coefficient (Wildman–Crippen LogP) is 1.52. The fourth-order valence-electron chi connectivity index (χ4n) is 3.40. The molecule has 0 spiro atoms. The average Bonchev–Trinajstić information content (AvgIpc) is 3.03. The van der Waals surface area contributed by atoms with Gasteiger partial charge in [-0.05, 0) is 38.8 Å². The Morgan fingerprint density at radius 1 is 1.20 bits per heavy atom. The molecule has 1 aromatic rings. The molecule has 0 bridgehead atoms. The maximum Gasteiger partial charge on any atom is 0.341 e. The number of nitrogens with one attached hydrogen (secondary N) is 3. The molecule has 10 heteroatoms. The number of amides is 3. The molecule has 0 radical (unpaired) electrons. The summed E-state index contributed by atoms with van der Waals surface area (Å²) in [6.45, 7) is 6.83. The lowest BCUT2D eigenvalue weighted by molar-refractivity contribution is -0.121. The van der Waals surface area contributed by atoms with Crippen LogP contribution in [-0.2, 0) is 14.3 Å². The Morgan fingerprint density at radius 3 is 2.57 bits per heavy atom. The lowest BCUT2D eigenvalue weighted by Gasteiger charge is -2.32. The summed E-state index contributed by atoms with van der Waals surface area (Å²) in [6, 6.07) is 0.0259. The average molecular weight is 439 g/mol. The highest BCUT2D eigenvalue weighted by atomic mass is 32.1. The van der Waals surface area contributed by atoms with Crippen molar-refractivity contribution in [2.75, 3.05) is 38.6 Å². The van der Waals surface area contributed by atoms with Gasteiger partial charge in [-0.25, -0.2) is 4.79 Å². The monoisotopic (exact) mass is 438 g/mol. The fourth-order valence-corrected chi connectivity index (χ4v) is 4.55. The van der Waals surface area contributed by atoms with Gasteiger partial charge in [0.25, 0.3) is 5.91 Å². The summed E-state index contributed by atoms with van der Waals surface area (Å²) in [6.07, 6.45) is 2.20. The molecule has 0 aromatic carbocycles. The Labute approximate surface area is 180 Å². The molecular weight excluding hydrogens is 408 g/mol. The van der Waals surface area contributed by atoms with Crippen molar-refractivity contribution in [2.24, 2.45) is 0 Å². The summed E-state index contributed by atoms with van der Waals surface area (Å²) in [5.74, 6) is -1.18. The molecule has 0 aliphatic carbocycles. The molecule has 3 N–H and O–H groups in total. The summed E-state index contributed by atoms with van der Waals surface area (Å²) >= 11 is 1.05. The first-order valence-electron chi connectivity index (χ1n) is 10.1. The van der Waals surface area contributed by atoms with E-state index in [0.717, 1.165) is 30.7 Å². The second kappa shape index (κ2) is 11.1. The molecule has 1 aromatic heterocycles. The summed E-state index contributed by atoms with van der Waals surface area (Å²) in [5, 5.41) is 8.60. The van der Waals surface area contributed by atoms with Crippen LogP contribution in [0.4, 0.5) is 5.00 Å². The number of hydrogen-bond donors (Lipinski definition) is 3. The zero-order chi connectivity index (χ0) is 22.3. The second-order valence-corrected chi connectivity index (χ2v) is 8.12. The Kier molecular flexibility index (Phi) is 8.79. The van der Waals surface area contributed by atoms with Gasteiger partial charge < -0.3 is 20.7 Å². The smallest absolute Gasteiger partial charge is 0.341 e. The van der Waals surface area contributed by atoms with Gasteiger partial charge in [0, 0.05) is 26.1 Å². The minimum absolute atomic E-state index is 0.00108. The van der Waals surface area contributed by atoms with Gasteiger partial charge in [0.2, 0.25) is 11.8 Å². The van der Waals surface area contributed by atoms with E-state index in [0.29, 0.717) is 28.4 Å². The number of thiophene rings is 1. The topological polar surface area (TPSA) is 117 Å². The molecule has 1 saturated heterocycles. The lowest BCUT2D eigenvalue weighted by atomic mass is 10.1. The van der Waals surface area contributed by atoms with E-state index in [-0.39, 0.29) is 42.5 Å². The van der Waals surface area contributed by atoms with Crippen LogP contribution in [0.1, 0.15) is 58.7 Å². The molecule has 1 fully saturated rings. The van der Waals surface area contributed by atoms with E-state index in [2.05, 4.69) is 16.0 Å². The quantitative estimate of drug-likeness (QED) is 0.530. The first-order valence-corrected chi connectivity index (χ1v) is 11.0. The standard InChI is InChI=1S/C20H30N4O5S/c1-5-14(25)22-13-8-7-9-24(10-13)11-15(26)23-19-16(20(28)29-6-2)12(3)17(30-19)18(27)21-4/h13H,5-11H2,1-4H3,(H,21,27)(H,22,25)(H,23,26). The van der Waals surface area contributed by atoms with Crippen LogP contribution in [0.5, 0.6) is 0 Å². The minimum Gasteiger partial charge on any atom is -0.462 e. The molecule has 1 aliphatic heterocycles. The Balaban J connectivity index is 2.10. The van der Waals surface area contributed by atoms with E-state index in [1.807, 2.05) is 4.90 Å². The number of carbonyl (C=O) groups excluding carboxylic acids is 4. The minimum atomic E-state index is -0.572. The predicted molar refractivity (Wildman–Crippen MR) is 115 cm³/mol. The number of hydrogen-bond acceptors (Lipinski definition) is 7. The van der Waals surface area contributed by atoms with Crippen LogP contribution in [0.2, 0.25) is 0 Å². The van der Waals surface area contributed by atoms with Gasteiger partial charge in [-0.1, -0.05) is 6.92 Å².